The first-order valence-corrected chi connectivity index (χ1v) is 7.06. The number of hydrogen-bond donors (Lipinski definition) is 1. The summed E-state index contributed by atoms with van der Waals surface area (Å²) in [5, 5.41) is 0. The van der Waals surface area contributed by atoms with Crippen LogP contribution in [0.25, 0.3) is 22.6 Å². The van der Waals surface area contributed by atoms with Crippen molar-refractivity contribution in [2.24, 2.45) is 10.7 Å². The van der Waals surface area contributed by atoms with Crippen molar-refractivity contribution in [1.29, 1.82) is 0 Å². The van der Waals surface area contributed by atoms with Crippen LogP contribution in [0.5, 0.6) is 0 Å². The van der Waals surface area contributed by atoms with Gasteiger partial charge in [0.2, 0.25) is 5.89 Å². The number of aryl methyl sites for hydroxylation is 1. The molecule has 3 rings (SSSR count). The van der Waals surface area contributed by atoms with Gasteiger partial charge in [0, 0.05) is 11.6 Å². The average Bonchev–Trinajstić information content (AvgIpc) is 2.90. The van der Waals surface area contributed by atoms with E-state index in [2.05, 4.69) is 9.98 Å². The number of benzene rings is 2. The Kier molecular flexibility index (Phi) is 3.62. The highest BCUT2D eigenvalue weighted by molar-refractivity contribution is 6.28. The van der Waals surface area contributed by atoms with E-state index in [1.54, 1.807) is 6.07 Å². The number of nitrogens with zero attached hydrogens (tertiary/aromatic N) is 2. The van der Waals surface area contributed by atoms with Gasteiger partial charge in [-0.1, -0.05) is 17.7 Å². The van der Waals surface area contributed by atoms with Crippen LogP contribution < -0.4 is 5.73 Å². The van der Waals surface area contributed by atoms with E-state index in [1.165, 1.54) is 0 Å². The largest absolute Gasteiger partial charge is 0.436 e. The van der Waals surface area contributed by atoms with Crippen molar-refractivity contribution in [3.05, 3.63) is 48.0 Å². The van der Waals surface area contributed by atoms with Crippen molar-refractivity contribution >= 4 is 34.2 Å². The van der Waals surface area contributed by atoms with Crippen LogP contribution in [-0.2, 0) is 0 Å². The van der Waals surface area contributed by atoms with Gasteiger partial charge in [0.05, 0.1) is 11.6 Å². The van der Waals surface area contributed by atoms with Gasteiger partial charge in [-0.3, -0.25) is 0 Å². The molecule has 0 aliphatic rings. The number of halogens is 1. The average molecular weight is 300 g/mol. The number of aromatic nitrogens is 1. The van der Waals surface area contributed by atoms with Crippen molar-refractivity contribution in [1.82, 2.24) is 4.98 Å². The van der Waals surface area contributed by atoms with Crippen LogP contribution in [0, 0.1) is 6.92 Å². The summed E-state index contributed by atoms with van der Waals surface area (Å²) in [7, 11) is 0. The first kappa shape index (κ1) is 13.6. The van der Waals surface area contributed by atoms with E-state index in [9.17, 15) is 0 Å². The second-order valence-electron chi connectivity index (χ2n) is 4.78. The zero-order valence-corrected chi connectivity index (χ0v) is 12.3. The molecule has 1 heterocycles. The quantitative estimate of drug-likeness (QED) is 0.451. The number of fused-ring (bicyclic) bond motifs is 1. The molecule has 106 valence electrons. The standard InChI is InChI=1S/C16H14ClN3O/c1-10-3-2-4-11(7-10)16-20-13-6-5-12(8-14(13)21-16)19-15(18)9-17/h2-8H,9H2,1H3,(H2,18,19). The molecular formula is C16H14ClN3O. The molecule has 0 saturated carbocycles. The smallest absolute Gasteiger partial charge is 0.227 e. The molecule has 0 unspecified atom stereocenters. The summed E-state index contributed by atoms with van der Waals surface area (Å²) in [6.45, 7) is 2.04. The first-order chi connectivity index (χ1) is 10.2. The lowest BCUT2D eigenvalue weighted by atomic mass is 10.1. The molecule has 0 aliphatic carbocycles. The van der Waals surface area contributed by atoms with Gasteiger partial charge in [0.25, 0.3) is 0 Å². The molecule has 0 aliphatic heterocycles. The van der Waals surface area contributed by atoms with Crippen LogP contribution >= 0.6 is 11.6 Å². The maximum atomic E-state index is 5.81. The van der Waals surface area contributed by atoms with E-state index in [1.807, 2.05) is 43.3 Å². The lowest BCUT2D eigenvalue weighted by Crippen LogP contribution is -2.12. The Hall–Kier alpha value is -2.33. The predicted octanol–water partition coefficient (Wildman–Crippen LogP) is 4.03. The van der Waals surface area contributed by atoms with Crippen LogP contribution in [0.1, 0.15) is 5.56 Å². The number of nitrogens with two attached hydrogens (primary N) is 1. The lowest BCUT2D eigenvalue weighted by Gasteiger charge is -1.96. The van der Waals surface area contributed by atoms with Crippen LogP contribution in [0.2, 0.25) is 0 Å². The number of hydrogen-bond acceptors (Lipinski definition) is 3. The Bertz CT molecular complexity index is 823. The van der Waals surface area contributed by atoms with Crippen LogP contribution in [0.3, 0.4) is 0 Å². The maximum absolute atomic E-state index is 5.81. The highest BCUT2D eigenvalue weighted by Gasteiger charge is 2.09. The molecule has 3 aromatic rings. The normalized spacial score (nSPS) is 12.0. The molecule has 0 atom stereocenters. The minimum absolute atomic E-state index is 0.197. The molecule has 0 radical (unpaired) electrons. The Labute approximate surface area is 127 Å². The maximum Gasteiger partial charge on any atom is 0.227 e. The van der Waals surface area contributed by atoms with Gasteiger partial charge in [0.1, 0.15) is 11.4 Å². The van der Waals surface area contributed by atoms with Gasteiger partial charge in [-0.05, 0) is 31.2 Å². The molecule has 2 aromatic carbocycles. The highest BCUT2D eigenvalue weighted by atomic mass is 35.5. The minimum atomic E-state index is 0.197. The molecule has 0 fully saturated rings. The van der Waals surface area contributed by atoms with E-state index in [0.29, 0.717) is 23.0 Å². The third kappa shape index (κ3) is 2.90. The van der Waals surface area contributed by atoms with Gasteiger partial charge >= 0.3 is 0 Å². The summed E-state index contributed by atoms with van der Waals surface area (Å²) in [4.78, 5) is 8.69. The van der Waals surface area contributed by atoms with E-state index >= 15 is 0 Å². The second-order valence-corrected chi connectivity index (χ2v) is 5.04. The summed E-state index contributed by atoms with van der Waals surface area (Å²) in [5.74, 6) is 1.16. The van der Waals surface area contributed by atoms with Gasteiger partial charge in [-0.25, -0.2) is 9.98 Å². The van der Waals surface area contributed by atoms with Crippen molar-refractivity contribution in [3.8, 4) is 11.5 Å². The summed E-state index contributed by atoms with van der Waals surface area (Å²) < 4.78 is 5.81. The van der Waals surface area contributed by atoms with Crippen LogP contribution in [0.4, 0.5) is 5.69 Å². The van der Waals surface area contributed by atoms with E-state index < -0.39 is 0 Å². The van der Waals surface area contributed by atoms with Crippen molar-refractivity contribution in [2.75, 3.05) is 5.88 Å². The predicted molar refractivity (Wildman–Crippen MR) is 86.2 cm³/mol. The number of amidine groups is 1. The minimum Gasteiger partial charge on any atom is -0.436 e. The Morgan fingerprint density at radius 1 is 1.29 bits per heavy atom. The fourth-order valence-corrected chi connectivity index (χ4v) is 2.14. The summed E-state index contributed by atoms with van der Waals surface area (Å²) in [6, 6.07) is 13.5. The summed E-state index contributed by atoms with van der Waals surface area (Å²) in [6.07, 6.45) is 0. The van der Waals surface area contributed by atoms with Crippen LogP contribution in [-0.4, -0.2) is 16.7 Å². The number of alkyl halides is 1. The zero-order chi connectivity index (χ0) is 14.8. The number of aliphatic imine (C=N–C) groups is 1. The van der Waals surface area contributed by atoms with Gasteiger partial charge in [0.15, 0.2) is 5.58 Å². The monoisotopic (exact) mass is 299 g/mol. The molecule has 1 aromatic heterocycles. The Morgan fingerprint density at radius 2 is 2.14 bits per heavy atom. The molecule has 0 spiro atoms. The van der Waals surface area contributed by atoms with Crippen molar-refractivity contribution < 1.29 is 4.42 Å². The molecule has 2 N–H and O–H groups in total. The number of oxazole rings is 1. The van der Waals surface area contributed by atoms with Crippen molar-refractivity contribution in [2.45, 2.75) is 6.92 Å². The summed E-state index contributed by atoms with van der Waals surface area (Å²) in [5.41, 5.74) is 9.92. The SMILES string of the molecule is Cc1cccc(-c2nc3ccc(N=C(N)CCl)cc3o2)c1. The topological polar surface area (TPSA) is 64.4 Å². The third-order valence-electron chi connectivity index (χ3n) is 3.05. The molecule has 0 saturated heterocycles. The third-order valence-corrected chi connectivity index (χ3v) is 3.32. The Balaban J connectivity index is 2.04. The highest BCUT2D eigenvalue weighted by Crippen LogP contribution is 2.27. The van der Waals surface area contributed by atoms with E-state index in [4.69, 9.17) is 21.8 Å². The van der Waals surface area contributed by atoms with Gasteiger partial charge < -0.3 is 10.2 Å². The Morgan fingerprint density at radius 3 is 2.90 bits per heavy atom. The lowest BCUT2D eigenvalue weighted by molar-refractivity contribution is 0.620. The van der Waals surface area contributed by atoms with Gasteiger partial charge in [-0.15, -0.1) is 11.6 Å². The zero-order valence-electron chi connectivity index (χ0n) is 11.5. The summed E-state index contributed by atoms with van der Waals surface area (Å²) >= 11 is 5.63. The fraction of sp³-hybridized carbons (Fsp3) is 0.125. The number of rotatable bonds is 3. The van der Waals surface area contributed by atoms with Crippen LogP contribution in [0.15, 0.2) is 51.9 Å². The first-order valence-electron chi connectivity index (χ1n) is 6.52. The van der Waals surface area contributed by atoms with E-state index in [0.717, 1.165) is 16.6 Å². The molecular weight excluding hydrogens is 286 g/mol. The van der Waals surface area contributed by atoms with Crippen molar-refractivity contribution in [3.63, 3.8) is 0 Å². The molecule has 5 heteroatoms. The molecule has 21 heavy (non-hydrogen) atoms. The van der Waals surface area contributed by atoms with E-state index in [-0.39, 0.29) is 5.88 Å². The van der Waals surface area contributed by atoms with Gasteiger partial charge in [-0.2, -0.15) is 0 Å². The second kappa shape index (κ2) is 5.58. The molecule has 0 amide bonds. The molecule has 0 bridgehead atoms. The molecule has 4 nitrogen and oxygen atoms in total. The fourth-order valence-electron chi connectivity index (χ4n) is 2.08.